The molecule has 1 aromatic rings. The van der Waals surface area contributed by atoms with Crippen LogP contribution in [0.3, 0.4) is 0 Å². The minimum Gasteiger partial charge on any atom is -0.336 e. The normalized spacial score (nSPS) is 22.4. The highest BCUT2D eigenvalue weighted by atomic mass is 16.2. The maximum Gasteiger partial charge on any atom is 0.289 e. The van der Waals surface area contributed by atoms with Crippen molar-refractivity contribution in [2.45, 2.75) is 19.4 Å². The van der Waals surface area contributed by atoms with Crippen molar-refractivity contribution in [3.8, 4) is 0 Å². The summed E-state index contributed by atoms with van der Waals surface area (Å²) in [6.07, 6.45) is 4.42. The first-order valence-corrected chi connectivity index (χ1v) is 5.61. The SMILES string of the molecule is CC(N)C1CCN(C(=O)c2nccn2C)C1. The van der Waals surface area contributed by atoms with Gasteiger partial charge in [-0.1, -0.05) is 0 Å². The van der Waals surface area contributed by atoms with E-state index in [1.807, 2.05) is 18.9 Å². The molecule has 2 rings (SSSR count). The Morgan fingerprint density at radius 3 is 2.94 bits per heavy atom. The molecule has 88 valence electrons. The molecule has 1 amide bonds. The van der Waals surface area contributed by atoms with Gasteiger partial charge in [0.15, 0.2) is 5.82 Å². The number of nitrogens with zero attached hydrogens (tertiary/aromatic N) is 3. The molecule has 0 bridgehead atoms. The lowest BCUT2D eigenvalue weighted by Gasteiger charge is -2.17. The van der Waals surface area contributed by atoms with Crippen LogP contribution in [-0.2, 0) is 7.05 Å². The van der Waals surface area contributed by atoms with E-state index in [9.17, 15) is 4.79 Å². The number of amides is 1. The van der Waals surface area contributed by atoms with Crippen LogP contribution in [0.5, 0.6) is 0 Å². The number of rotatable bonds is 2. The average molecular weight is 222 g/mol. The lowest BCUT2D eigenvalue weighted by Crippen LogP contribution is -2.34. The first-order valence-electron chi connectivity index (χ1n) is 5.61. The first kappa shape index (κ1) is 11.1. The van der Waals surface area contributed by atoms with Gasteiger partial charge in [-0.2, -0.15) is 0 Å². The van der Waals surface area contributed by atoms with Crippen molar-refractivity contribution in [1.29, 1.82) is 0 Å². The Morgan fingerprint density at radius 2 is 2.44 bits per heavy atom. The summed E-state index contributed by atoms with van der Waals surface area (Å²) in [7, 11) is 1.83. The second-order valence-electron chi connectivity index (χ2n) is 4.52. The number of likely N-dealkylation sites (tertiary alicyclic amines) is 1. The summed E-state index contributed by atoms with van der Waals surface area (Å²) in [6.45, 7) is 3.54. The number of hydrogen-bond acceptors (Lipinski definition) is 3. The number of nitrogens with two attached hydrogens (primary N) is 1. The van der Waals surface area contributed by atoms with Crippen LogP contribution in [0.15, 0.2) is 12.4 Å². The molecule has 0 spiro atoms. The van der Waals surface area contributed by atoms with Gasteiger partial charge in [0, 0.05) is 38.6 Å². The molecule has 1 aliphatic rings. The molecule has 5 heteroatoms. The van der Waals surface area contributed by atoms with Gasteiger partial charge in [0.1, 0.15) is 0 Å². The molecule has 16 heavy (non-hydrogen) atoms. The van der Waals surface area contributed by atoms with E-state index in [-0.39, 0.29) is 11.9 Å². The van der Waals surface area contributed by atoms with Gasteiger partial charge in [0.2, 0.25) is 0 Å². The number of imidazole rings is 1. The van der Waals surface area contributed by atoms with Crippen molar-refractivity contribution < 1.29 is 4.79 Å². The van der Waals surface area contributed by atoms with Gasteiger partial charge < -0.3 is 15.2 Å². The minimum absolute atomic E-state index is 0.00986. The van der Waals surface area contributed by atoms with Gasteiger partial charge in [0.05, 0.1) is 0 Å². The summed E-state index contributed by atoms with van der Waals surface area (Å²) in [6, 6.07) is 0.152. The highest BCUT2D eigenvalue weighted by Gasteiger charge is 2.30. The molecule has 0 aliphatic carbocycles. The molecule has 0 radical (unpaired) electrons. The Balaban J connectivity index is 2.05. The zero-order valence-electron chi connectivity index (χ0n) is 9.76. The van der Waals surface area contributed by atoms with E-state index in [0.717, 1.165) is 19.5 Å². The van der Waals surface area contributed by atoms with Gasteiger partial charge in [0.25, 0.3) is 5.91 Å². The van der Waals surface area contributed by atoms with Crippen molar-refractivity contribution in [3.05, 3.63) is 18.2 Å². The van der Waals surface area contributed by atoms with Gasteiger partial charge in [-0.05, 0) is 19.3 Å². The van der Waals surface area contributed by atoms with Crippen LogP contribution < -0.4 is 5.73 Å². The second-order valence-corrected chi connectivity index (χ2v) is 4.52. The number of aromatic nitrogens is 2. The zero-order valence-corrected chi connectivity index (χ0v) is 9.76. The van der Waals surface area contributed by atoms with Crippen LogP contribution in [0.4, 0.5) is 0 Å². The third kappa shape index (κ3) is 1.95. The van der Waals surface area contributed by atoms with Crippen molar-refractivity contribution in [3.63, 3.8) is 0 Å². The number of hydrogen-bond donors (Lipinski definition) is 1. The summed E-state index contributed by atoms with van der Waals surface area (Å²) < 4.78 is 1.75. The Morgan fingerprint density at radius 1 is 1.69 bits per heavy atom. The Bertz CT molecular complexity index is 385. The maximum atomic E-state index is 12.1. The van der Waals surface area contributed by atoms with Crippen molar-refractivity contribution in [2.24, 2.45) is 18.7 Å². The fourth-order valence-corrected chi connectivity index (χ4v) is 2.11. The molecule has 5 nitrogen and oxygen atoms in total. The van der Waals surface area contributed by atoms with Crippen LogP contribution in [-0.4, -0.2) is 39.5 Å². The molecular weight excluding hydrogens is 204 g/mol. The zero-order chi connectivity index (χ0) is 11.7. The molecule has 1 aromatic heterocycles. The monoisotopic (exact) mass is 222 g/mol. The van der Waals surface area contributed by atoms with E-state index in [4.69, 9.17) is 5.73 Å². The summed E-state index contributed by atoms with van der Waals surface area (Å²) in [5, 5.41) is 0. The van der Waals surface area contributed by atoms with Gasteiger partial charge in [-0.3, -0.25) is 4.79 Å². The summed E-state index contributed by atoms with van der Waals surface area (Å²) >= 11 is 0. The van der Waals surface area contributed by atoms with Crippen molar-refractivity contribution >= 4 is 5.91 Å². The largest absolute Gasteiger partial charge is 0.336 e. The Hall–Kier alpha value is -1.36. The smallest absolute Gasteiger partial charge is 0.289 e. The number of aryl methyl sites for hydroxylation is 1. The maximum absolute atomic E-state index is 12.1. The lowest BCUT2D eigenvalue weighted by molar-refractivity contribution is 0.0770. The predicted octanol–water partition coefficient (Wildman–Crippen LogP) is 0.229. The minimum atomic E-state index is 0.00986. The van der Waals surface area contributed by atoms with Gasteiger partial charge >= 0.3 is 0 Å². The highest BCUT2D eigenvalue weighted by molar-refractivity contribution is 5.91. The van der Waals surface area contributed by atoms with E-state index in [2.05, 4.69) is 4.98 Å². The number of carbonyl (C=O) groups is 1. The fraction of sp³-hybridized carbons (Fsp3) is 0.636. The third-order valence-corrected chi connectivity index (χ3v) is 3.27. The quantitative estimate of drug-likeness (QED) is 0.779. The van der Waals surface area contributed by atoms with Crippen molar-refractivity contribution in [1.82, 2.24) is 14.5 Å². The topological polar surface area (TPSA) is 64.2 Å². The second kappa shape index (κ2) is 4.25. The van der Waals surface area contributed by atoms with Crippen molar-refractivity contribution in [2.75, 3.05) is 13.1 Å². The highest BCUT2D eigenvalue weighted by Crippen LogP contribution is 2.20. The molecule has 1 aliphatic heterocycles. The molecule has 2 unspecified atom stereocenters. The van der Waals surface area contributed by atoms with Gasteiger partial charge in [-0.25, -0.2) is 4.98 Å². The molecular formula is C11H18N4O. The average Bonchev–Trinajstić information content (AvgIpc) is 2.84. The van der Waals surface area contributed by atoms with Crippen LogP contribution in [0, 0.1) is 5.92 Å². The molecule has 2 N–H and O–H groups in total. The first-order chi connectivity index (χ1) is 7.59. The van der Waals surface area contributed by atoms with Gasteiger partial charge in [-0.15, -0.1) is 0 Å². The summed E-state index contributed by atoms with van der Waals surface area (Å²) in [4.78, 5) is 18.0. The van der Waals surface area contributed by atoms with Crippen LogP contribution >= 0.6 is 0 Å². The summed E-state index contributed by atoms with van der Waals surface area (Å²) in [5.74, 6) is 0.935. The van der Waals surface area contributed by atoms with Crippen LogP contribution in [0.1, 0.15) is 24.0 Å². The molecule has 2 heterocycles. The Kier molecular flexibility index (Phi) is 2.96. The molecule has 1 fully saturated rings. The van der Waals surface area contributed by atoms with Crippen LogP contribution in [0.25, 0.3) is 0 Å². The predicted molar refractivity (Wildman–Crippen MR) is 60.9 cm³/mol. The fourth-order valence-electron chi connectivity index (χ4n) is 2.11. The van der Waals surface area contributed by atoms with Crippen LogP contribution in [0.2, 0.25) is 0 Å². The van der Waals surface area contributed by atoms with E-state index in [0.29, 0.717) is 11.7 Å². The third-order valence-electron chi connectivity index (χ3n) is 3.27. The molecule has 0 aromatic carbocycles. The van der Waals surface area contributed by atoms with E-state index >= 15 is 0 Å². The standard InChI is InChI=1S/C11H18N4O/c1-8(12)9-3-5-15(7-9)11(16)10-13-4-6-14(10)2/h4,6,8-9H,3,5,7,12H2,1-2H3. The Labute approximate surface area is 95.2 Å². The van der Waals surface area contributed by atoms with E-state index in [1.165, 1.54) is 0 Å². The van der Waals surface area contributed by atoms with E-state index in [1.54, 1.807) is 17.0 Å². The molecule has 2 atom stereocenters. The molecule has 0 saturated carbocycles. The lowest BCUT2D eigenvalue weighted by atomic mass is 10.0. The number of carbonyl (C=O) groups excluding carboxylic acids is 1. The molecule has 1 saturated heterocycles. The van der Waals surface area contributed by atoms with E-state index < -0.39 is 0 Å². The summed E-state index contributed by atoms with van der Waals surface area (Å²) in [5.41, 5.74) is 5.85.